The first-order valence-electron chi connectivity index (χ1n) is 9.60. The van der Waals surface area contributed by atoms with E-state index in [0.717, 1.165) is 16.6 Å². The van der Waals surface area contributed by atoms with Crippen LogP contribution >= 0.6 is 0 Å². The molecule has 0 aromatic heterocycles. The summed E-state index contributed by atoms with van der Waals surface area (Å²) in [5.41, 5.74) is -0.224. The molecule has 0 aliphatic carbocycles. The molecule has 31 heavy (non-hydrogen) atoms. The van der Waals surface area contributed by atoms with Crippen LogP contribution in [-0.2, 0) is 14.8 Å². The third-order valence-corrected chi connectivity index (χ3v) is 5.88. The molecule has 2 unspecified atom stereocenters. The maximum atomic E-state index is 12.9. The lowest BCUT2D eigenvalue weighted by atomic mass is 10.1. The summed E-state index contributed by atoms with van der Waals surface area (Å²) in [6.07, 6.45) is 0.671. The standard InChI is InChI=1S/C20H23N3O7S/c1-3-17(22(31(2,27)28)14-7-6-8-15(11-14)23(25)26)20(24)21-12-16-13-29-18-9-4-5-10-19(18)30-16/h4-11,16-17H,3,12-13H2,1-2H3,(H,21,24). The maximum absolute atomic E-state index is 12.9. The molecular weight excluding hydrogens is 426 g/mol. The van der Waals surface area contributed by atoms with Crippen molar-refractivity contribution in [3.8, 4) is 11.5 Å². The highest BCUT2D eigenvalue weighted by molar-refractivity contribution is 7.92. The van der Waals surface area contributed by atoms with Crippen LogP contribution in [0.15, 0.2) is 48.5 Å². The van der Waals surface area contributed by atoms with Crippen molar-refractivity contribution >= 4 is 27.3 Å². The minimum atomic E-state index is -3.91. The summed E-state index contributed by atoms with van der Waals surface area (Å²) in [4.78, 5) is 23.4. The van der Waals surface area contributed by atoms with Gasteiger partial charge in [0.05, 0.1) is 23.4 Å². The monoisotopic (exact) mass is 449 g/mol. The van der Waals surface area contributed by atoms with Gasteiger partial charge in [0.1, 0.15) is 18.8 Å². The molecule has 0 saturated carbocycles. The van der Waals surface area contributed by atoms with Crippen LogP contribution < -0.4 is 19.1 Å². The van der Waals surface area contributed by atoms with E-state index in [1.807, 2.05) is 6.07 Å². The summed E-state index contributed by atoms with van der Waals surface area (Å²) in [5, 5.41) is 13.8. The number of rotatable bonds is 8. The highest BCUT2D eigenvalue weighted by Gasteiger charge is 2.33. The van der Waals surface area contributed by atoms with Crippen LogP contribution in [0, 0.1) is 10.1 Å². The number of ether oxygens (including phenoxy) is 2. The summed E-state index contributed by atoms with van der Waals surface area (Å²) in [6.45, 7) is 2.00. The van der Waals surface area contributed by atoms with Gasteiger partial charge in [0.15, 0.2) is 11.5 Å². The Bertz CT molecular complexity index is 1070. The van der Waals surface area contributed by atoms with Gasteiger partial charge in [-0.1, -0.05) is 25.1 Å². The molecule has 2 atom stereocenters. The van der Waals surface area contributed by atoms with E-state index in [1.165, 1.54) is 18.2 Å². The molecule has 2 aromatic rings. The number of nitrogens with one attached hydrogen (secondary N) is 1. The van der Waals surface area contributed by atoms with Crippen LogP contribution in [0.5, 0.6) is 11.5 Å². The van der Waals surface area contributed by atoms with Crippen molar-refractivity contribution in [2.75, 3.05) is 23.7 Å². The number of hydrogen-bond donors (Lipinski definition) is 1. The van der Waals surface area contributed by atoms with Gasteiger partial charge in [-0.15, -0.1) is 0 Å². The SMILES string of the molecule is CCC(C(=O)NCC1COc2ccccc2O1)N(c1cccc([N+](=O)[O-])c1)S(C)(=O)=O. The van der Waals surface area contributed by atoms with Gasteiger partial charge >= 0.3 is 0 Å². The van der Waals surface area contributed by atoms with Crippen LogP contribution in [0.1, 0.15) is 13.3 Å². The Morgan fingerprint density at radius 2 is 1.97 bits per heavy atom. The summed E-state index contributed by atoms with van der Waals surface area (Å²) >= 11 is 0. The van der Waals surface area contributed by atoms with Gasteiger partial charge in [0.25, 0.3) is 5.69 Å². The van der Waals surface area contributed by atoms with E-state index in [-0.39, 0.29) is 30.9 Å². The number of non-ortho nitro benzene ring substituents is 1. The van der Waals surface area contributed by atoms with E-state index in [2.05, 4.69) is 5.32 Å². The van der Waals surface area contributed by atoms with Gasteiger partial charge in [-0.3, -0.25) is 19.2 Å². The molecule has 0 radical (unpaired) electrons. The number of nitro benzene ring substituents is 1. The molecule has 10 nitrogen and oxygen atoms in total. The molecule has 1 N–H and O–H groups in total. The number of hydrogen-bond acceptors (Lipinski definition) is 7. The van der Waals surface area contributed by atoms with Crippen molar-refractivity contribution in [3.63, 3.8) is 0 Å². The Kier molecular flexibility index (Phi) is 6.64. The number of sulfonamides is 1. The molecule has 1 aliphatic heterocycles. The molecular formula is C20H23N3O7S. The van der Waals surface area contributed by atoms with Gasteiger partial charge in [0.2, 0.25) is 15.9 Å². The molecule has 1 aliphatic rings. The molecule has 1 heterocycles. The molecule has 3 rings (SSSR count). The summed E-state index contributed by atoms with van der Waals surface area (Å²) in [7, 11) is -3.91. The smallest absolute Gasteiger partial charge is 0.271 e. The fraction of sp³-hybridized carbons (Fsp3) is 0.350. The summed E-state index contributed by atoms with van der Waals surface area (Å²) in [5.74, 6) is 0.640. The number of anilines is 1. The van der Waals surface area contributed by atoms with Crippen molar-refractivity contribution < 1.29 is 27.6 Å². The highest BCUT2D eigenvalue weighted by atomic mass is 32.2. The predicted molar refractivity (Wildman–Crippen MR) is 114 cm³/mol. The normalized spacial score (nSPS) is 16.3. The van der Waals surface area contributed by atoms with E-state index in [1.54, 1.807) is 25.1 Å². The van der Waals surface area contributed by atoms with Crippen LogP contribution in [0.2, 0.25) is 0 Å². The first kappa shape index (κ1) is 22.3. The topological polar surface area (TPSA) is 128 Å². The van der Waals surface area contributed by atoms with Crippen LogP contribution in [0.3, 0.4) is 0 Å². The first-order valence-corrected chi connectivity index (χ1v) is 11.5. The molecule has 1 amide bonds. The Labute approximate surface area is 180 Å². The zero-order valence-corrected chi connectivity index (χ0v) is 17.9. The number of carbonyl (C=O) groups excluding carboxylic acids is 1. The Morgan fingerprint density at radius 3 is 2.61 bits per heavy atom. The van der Waals surface area contributed by atoms with E-state index >= 15 is 0 Å². The number of para-hydroxylation sites is 2. The van der Waals surface area contributed by atoms with E-state index < -0.39 is 33.0 Å². The number of nitrogens with zero attached hydrogens (tertiary/aromatic N) is 2. The number of nitro groups is 1. The molecule has 166 valence electrons. The van der Waals surface area contributed by atoms with Crippen LogP contribution in [0.25, 0.3) is 0 Å². The van der Waals surface area contributed by atoms with Gasteiger partial charge in [0, 0.05) is 12.1 Å². The van der Waals surface area contributed by atoms with Crippen molar-refractivity contribution in [3.05, 3.63) is 58.6 Å². The first-order chi connectivity index (χ1) is 14.7. The third-order valence-electron chi connectivity index (χ3n) is 4.70. The van der Waals surface area contributed by atoms with Gasteiger partial charge in [-0.05, 0) is 24.6 Å². The quantitative estimate of drug-likeness (QED) is 0.483. The van der Waals surface area contributed by atoms with Crippen molar-refractivity contribution in [1.82, 2.24) is 5.32 Å². The Balaban J connectivity index is 1.76. The van der Waals surface area contributed by atoms with Crippen molar-refractivity contribution in [1.29, 1.82) is 0 Å². The second-order valence-corrected chi connectivity index (χ2v) is 8.86. The maximum Gasteiger partial charge on any atom is 0.271 e. The zero-order valence-electron chi connectivity index (χ0n) is 17.1. The number of benzene rings is 2. The van der Waals surface area contributed by atoms with Crippen LogP contribution in [0.4, 0.5) is 11.4 Å². The van der Waals surface area contributed by atoms with Gasteiger partial charge in [-0.25, -0.2) is 8.42 Å². The number of amides is 1. The molecule has 0 bridgehead atoms. The zero-order chi connectivity index (χ0) is 22.6. The number of fused-ring (bicyclic) bond motifs is 1. The molecule has 11 heteroatoms. The van der Waals surface area contributed by atoms with Gasteiger partial charge in [-0.2, -0.15) is 0 Å². The second-order valence-electron chi connectivity index (χ2n) is 7.00. The lowest BCUT2D eigenvalue weighted by Gasteiger charge is -2.31. The van der Waals surface area contributed by atoms with Crippen molar-refractivity contribution in [2.24, 2.45) is 0 Å². The molecule has 0 saturated heterocycles. The lowest BCUT2D eigenvalue weighted by molar-refractivity contribution is -0.384. The molecule has 0 spiro atoms. The highest BCUT2D eigenvalue weighted by Crippen LogP contribution is 2.31. The van der Waals surface area contributed by atoms with E-state index in [0.29, 0.717) is 11.5 Å². The fourth-order valence-corrected chi connectivity index (χ4v) is 4.50. The summed E-state index contributed by atoms with van der Waals surface area (Å²) in [6, 6.07) is 11.2. The minimum Gasteiger partial charge on any atom is -0.486 e. The largest absolute Gasteiger partial charge is 0.486 e. The fourth-order valence-electron chi connectivity index (χ4n) is 3.30. The summed E-state index contributed by atoms with van der Waals surface area (Å²) < 4.78 is 37.3. The average Bonchev–Trinajstić information content (AvgIpc) is 2.74. The van der Waals surface area contributed by atoms with Crippen molar-refractivity contribution in [2.45, 2.75) is 25.5 Å². The lowest BCUT2D eigenvalue weighted by Crippen LogP contribution is -2.51. The molecule has 0 fully saturated rings. The predicted octanol–water partition coefficient (Wildman–Crippen LogP) is 2.10. The van der Waals surface area contributed by atoms with Gasteiger partial charge < -0.3 is 14.8 Å². The second kappa shape index (κ2) is 9.21. The van der Waals surface area contributed by atoms with E-state index in [9.17, 15) is 23.3 Å². The van der Waals surface area contributed by atoms with E-state index in [4.69, 9.17) is 9.47 Å². The molecule has 2 aromatic carbocycles. The number of carbonyl (C=O) groups is 1. The average molecular weight is 449 g/mol. The van der Waals surface area contributed by atoms with Crippen LogP contribution in [-0.4, -0.2) is 50.8 Å². The Hall–Kier alpha value is -3.34. The third kappa shape index (κ3) is 5.23. The Morgan fingerprint density at radius 1 is 1.26 bits per heavy atom. The minimum absolute atomic E-state index is 0.0462.